The van der Waals surface area contributed by atoms with Crippen LogP contribution in [-0.2, 0) is 0 Å². The Morgan fingerprint density at radius 2 is 1.90 bits per heavy atom. The average molecular weight is 322 g/mol. The lowest BCUT2D eigenvalue weighted by Crippen LogP contribution is -2.19. The van der Waals surface area contributed by atoms with Crippen molar-refractivity contribution in [3.05, 3.63) is 53.3 Å². The highest BCUT2D eigenvalue weighted by molar-refractivity contribution is 7.80. The zero-order chi connectivity index (χ0) is 14.8. The van der Waals surface area contributed by atoms with Crippen LogP contribution >= 0.6 is 23.8 Å². The van der Waals surface area contributed by atoms with Gasteiger partial charge in [0.25, 0.3) is 0 Å². The van der Waals surface area contributed by atoms with Crippen LogP contribution in [0.5, 0.6) is 0 Å². The molecule has 0 atom stereocenters. The molecule has 0 unspecified atom stereocenters. The molecule has 3 aromatic rings. The summed E-state index contributed by atoms with van der Waals surface area (Å²) in [5.74, 6) is 0.181. The van der Waals surface area contributed by atoms with Crippen LogP contribution < -0.4 is 10.6 Å². The van der Waals surface area contributed by atoms with E-state index < -0.39 is 0 Å². The fraction of sp³-hybridized carbons (Fsp3) is 0. The number of thiocarbonyl (C=S) groups is 1. The molecule has 0 aliphatic heterocycles. The van der Waals surface area contributed by atoms with Crippen LogP contribution in [0.15, 0.2) is 47.0 Å². The van der Waals surface area contributed by atoms with Crippen LogP contribution in [0.2, 0.25) is 5.02 Å². The summed E-state index contributed by atoms with van der Waals surface area (Å²) in [5.41, 5.74) is 1.24. The van der Waals surface area contributed by atoms with Gasteiger partial charge in [0.05, 0.1) is 5.39 Å². The molecule has 0 fully saturated rings. The Bertz CT molecular complexity index is 804. The minimum Gasteiger partial charge on any atom is -0.354 e. The largest absolute Gasteiger partial charge is 0.354 e. The number of hydrogen-bond donors (Lipinski definition) is 2. The molecule has 0 saturated carbocycles. The van der Waals surface area contributed by atoms with Gasteiger partial charge in [0, 0.05) is 16.8 Å². The maximum atomic E-state index is 12.8. The summed E-state index contributed by atoms with van der Waals surface area (Å²) >= 11 is 11.1. The van der Waals surface area contributed by atoms with Crippen LogP contribution in [-0.4, -0.2) is 10.3 Å². The van der Waals surface area contributed by atoms with Gasteiger partial charge in [-0.1, -0.05) is 16.8 Å². The molecule has 0 bridgehead atoms. The summed E-state index contributed by atoms with van der Waals surface area (Å²) in [6, 6.07) is 11.1. The van der Waals surface area contributed by atoms with Gasteiger partial charge in [-0.25, -0.2) is 4.39 Å². The van der Waals surface area contributed by atoms with Crippen molar-refractivity contribution in [2.45, 2.75) is 0 Å². The van der Waals surface area contributed by atoms with Gasteiger partial charge in [-0.3, -0.25) is 0 Å². The molecule has 2 N–H and O–H groups in total. The van der Waals surface area contributed by atoms with E-state index in [4.69, 9.17) is 28.3 Å². The second kappa shape index (κ2) is 5.67. The number of halogens is 2. The predicted octanol–water partition coefficient (Wildman–Crippen LogP) is 4.43. The van der Waals surface area contributed by atoms with E-state index >= 15 is 0 Å². The highest BCUT2D eigenvalue weighted by Crippen LogP contribution is 2.25. The number of benzene rings is 2. The van der Waals surface area contributed by atoms with E-state index in [-0.39, 0.29) is 5.82 Å². The fourth-order valence-corrected chi connectivity index (χ4v) is 2.18. The van der Waals surface area contributed by atoms with Gasteiger partial charge in [0.2, 0.25) is 0 Å². The highest BCUT2D eigenvalue weighted by atomic mass is 35.5. The Kier molecular flexibility index (Phi) is 3.72. The van der Waals surface area contributed by atoms with Crippen molar-refractivity contribution in [1.29, 1.82) is 0 Å². The van der Waals surface area contributed by atoms with Crippen molar-refractivity contribution in [1.82, 2.24) is 5.16 Å². The molecule has 0 spiro atoms. The van der Waals surface area contributed by atoms with Crippen LogP contribution in [0.3, 0.4) is 0 Å². The number of fused-ring (bicyclic) bond motifs is 1. The molecule has 0 saturated heterocycles. The van der Waals surface area contributed by atoms with Gasteiger partial charge in [0.15, 0.2) is 16.5 Å². The van der Waals surface area contributed by atoms with Gasteiger partial charge in [-0.15, -0.1) is 0 Å². The number of nitrogens with zero attached hydrogens (tertiary/aromatic N) is 1. The first-order chi connectivity index (χ1) is 10.1. The third-order valence-corrected chi connectivity index (χ3v) is 3.21. The summed E-state index contributed by atoms with van der Waals surface area (Å²) < 4.78 is 18.0. The topological polar surface area (TPSA) is 50.1 Å². The average Bonchev–Trinajstić information content (AvgIpc) is 2.83. The van der Waals surface area contributed by atoms with Crippen molar-refractivity contribution >= 4 is 51.4 Å². The first kappa shape index (κ1) is 13.8. The fourth-order valence-electron chi connectivity index (χ4n) is 1.80. The van der Waals surface area contributed by atoms with Gasteiger partial charge < -0.3 is 15.2 Å². The van der Waals surface area contributed by atoms with Crippen molar-refractivity contribution in [3.63, 3.8) is 0 Å². The minimum atomic E-state index is -0.307. The first-order valence-electron chi connectivity index (χ1n) is 6.00. The molecule has 0 radical (unpaired) electrons. The van der Waals surface area contributed by atoms with E-state index in [1.165, 1.54) is 12.1 Å². The van der Waals surface area contributed by atoms with E-state index in [9.17, 15) is 4.39 Å². The number of hydrogen-bond acceptors (Lipinski definition) is 3. The standard InChI is InChI=1S/C14H9ClFN3OS/c15-8-1-6-11-12(7-8)20-19-13(11)18-14(21)17-10-4-2-9(16)3-5-10/h1-7H,(H2,17,18,19,21). The molecule has 1 aromatic heterocycles. The van der Waals surface area contributed by atoms with Gasteiger partial charge >= 0.3 is 0 Å². The van der Waals surface area contributed by atoms with E-state index in [0.717, 1.165) is 5.39 Å². The molecule has 7 heteroatoms. The second-order valence-corrected chi connectivity index (χ2v) is 5.10. The lowest BCUT2D eigenvalue weighted by molar-refractivity contribution is 0.460. The second-order valence-electron chi connectivity index (χ2n) is 4.26. The third-order valence-electron chi connectivity index (χ3n) is 2.77. The maximum absolute atomic E-state index is 12.8. The zero-order valence-corrected chi connectivity index (χ0v) is 12.1. The lowest BCUT2D eigenvalue weighted by Gasteiger charge is -2.08. The number of anilines is 2. The quantitative estimate of drug-likeness (QED) is 0.684. The molecule has 1 heterocycles. The van der Waals surface area contributed by atoms with Crippen LogP contribution in [0, 0.1) is 5.82 Å². The molecule has 0 amide bonds. The number of aromatic nitrogens is 1. The van der Waals surface area contributed by atoms with E-state index in [0.29, 0.717) is 27.2 Å². The Hall–Kier alpha value is -2.18. The molecule has 0 aliphatic carbocycles. The Morgan fingerprint density at radius 3 is 2.67 bits per heavy atom. The Morgan fingerprint density at radius 1 is 1.14 bits per heavy atom. The molecule has 0 aliphatic rings. The summed E-state index contributed by atoms with van der Waals surface area (Å²) in [7, 11) is 0. The SMILES string of the molecule is Fc1ccc(NC(=S)Nc2noc3cc(Cl)ccc23)cc1. The lowest BCUT2D eigenvalue weighted by atomic mass is 10.2. The third kappa shape index (κ3) is 3.12. The Labute approximate surface area is 129 Å². The van der Waals surface area contributed by atoms with E-state index in [2.05, 4.69) is 15.8 Å². The van der Waals surface area contributed by atoms with E-state index in [1.54, 1.807) is 30.3 Å². The van der Waals surface area contributed by atoms with Gasteiger partial charge in [-0.2, -0.15) is 0 Å². The monoisotopic (exact) mass is 321 g/mol. The molecule has 106 valence electrons. The van der Waals surface area contributed by atoms with Crippen LogP contribution in [0.25, 0.3) is 11.0 Å². The van der Waals surface area contributed by atoms with Crippen LogP contribution in [0.1, 0.15) is 0 Å². The Balaban J connectivity index is 1.75. The smallest absolute Gasteiger partial charge is 0.183 e. The van der Waals surface area contributed by atoms with Crippen molar-refractivity contribution < 1.29 is 8.91 Å². The van der Waals surface area contributed by atoms with Gasteiger partial charge in [-0.05, 0) is 48.6 Å². The molecule has 21 heavy (non-hydrogen) atoms. The number of nitrogens with one attached hydrogen (secondary N) is 2. The first-order valence-corrected chi connectivity index (χ1v) is 6.79. The molecule has 4 nitrogen and oxygen atoms in total. The van der Waals surface area contributed by atoms with Crippen molar-refractivity contribution in [2.24, 2.45) is 0 Å². The number of rotatable bonds is 2. The maximum Gasteiger partial charge on any atom is 0.183 e. The summed E-state index contributed by atoms with van der Waals surface area (Å²) in [6.45, 7) is 0. The summed E-state index contributed by atoms with van der Waals surface area (Å²) in [5, 5.41) is 11.4. The summed E-state index contributed by atoms with van der Waals surface area (Å²) in [4.78, 5) is 0. The zero-order valence-electron chi connectivity index (χ0n) is 10.6. The molecule has 2 aromatic carbocycles. The normalized spacial score (nSPS) is 10.6. The van der Waals surface area contributed by atoms with Crippen molar-refractivity contribution in [3.8, 4) is 0 Å². The molecular weight excluding hydrogens is 313 g/mol. The van der Waals surface area contributed by atoms with Gasteiger partial charge in [0.1, 0.15) is 5.82 Å². The van der Waals surface area contributed by atoms with Crippen molar-refractivity contribution in [2.75, 3.05) is 10.6 Å². The molecule has 3 rings (SSSR count). The highest BCUT2D eigenvalue weighted by Gasteiger charge is 2.10. The summed E-state index contributed by atoms with van der Waals surface area (Å²) in [6.07, 6.45) is 0. The van der Waals surface area contributed by atoms with Crippen LogP contribution in [0.4, 0.5) is 15.9 Å². The van der Waals surface area contributed by atoms with E-state index in [1.807, 2.05) is 0 Å². The molecular formula is C14H9ClFN3OS. The predicted molar refractivity (Wildman–Crippen MR) is 85.3 cm³/mol. The minimum absolute atomic E-state index is 0.307.